The maximum absolute atomic E-state index is 13.4. The van der Waals surface area contributed by atoms with E-state index in [9.17, 15) is 14.4 Å². The summed E-state index contributed by atoms with van der Waals surface area (Å²) >= 11 is 0. The first-order valence-electron chi connectivity index (χ1n) is 12.2. The number of carbonyl (C=O) groups is 3. The summed E-state index contributed by atoms with van der Waals surface area (Å²) in [5, 5.41) is 11.0. The van der Waals surface area contributed by atoms with Crippen LogP contribution in [0.2, 0.25) is 0 Å². The van der Waals surface area contributed by atoms with Gasteiger partial charge in [0.15, 0.2) is 5.65 Å². The van der Waals surface area contributed by atoms with Gasteiger partial charge >= 0.3 is 0 Å². The molecule has 2 aromatic heterocycles. The van der Waals surface area contributed by atoms with Crippen molar-refractivity contribution in [2.45, 2.75) is 40.2 Å². The van der Waals surface area contributed by atoms with E-state index in [1.165, 1.54) is 0 Å². The van der Waals surface area contributed by atoms with Crippen molar-refractivity contribution in [2.75, 3.05) is 33.2 Å². The Kier molecular flexibility index (Phi) is 7.44. The van der Waals surface area contributed by atoms with Crippen molar-refractivity contribution in [1.82, 2.24) is 30.3 Å². The van der Waals surface area contributed by atoms with Crippen LogP contribution in [-0.2, 0) is 9.59 Å². The normalized spacial score (nSPS) is 18.3. The van der Waals surface area contributed by atoms with Gasteiger partial charge < -0.3 is 15.5 Å². The maximum Gasteiger partial charge on any atom is 0.254 e. The van der Waals surface area contributed by atoms with Crippen molar-refractivity contribution >= 4 is 40.0 Å². The number of fused-ring (bicyclic) bond motifs is 1. The first-order valence-corrected chi connectivity index (χ1v) is 12.2. The Morgan fingerprint density at radius 1 is 1.25 bits per heavy atom. The third-order valence-corrected chi connectivity index (χ3v) is 6.56. The van der Waals surface area contributed by atoms with Crippen LogP contribution in [0, 0.1) is 5.92 Å². The minimum atomic E-state index is -0.477. The van der Waals surface area contributed by atoms with E-state index >= 15 is 0 Å². The summed E-state index contributed by atoms with van der Waals surface area (Å²) in [7, 11) is 1.75. The molecule has 0 aliphatic carbocycles. The molecule has 2 N–H and O–H groups in total. The number of dihydropyridines is 1. The zero-order valence-electron chi connectivity index (χ0n) is 21.5. The van der Waals surface area contributed by atoms with Crippen LogP contribution >= 0.6 is 0 Å². The molecule has 0 spiro atoms. The fourth-order valence-electron chi connectivity index (χ4n) is 4.59. The molecule has 3 amide bonds. The number of amides is 3. The molecule has 4 rings (SSSR count). The zero-order valence-corrected chi connectivity index (χ0v) is 21.5. The summed E-state index contributed by atoms with van der Waals surface area (Å²) in [6.45, 7) is 9.24. The van der Waals surface area contributed by atoms with Gasteiger partial charge in [0.2, 0.25) is 5.91 Å². The maximum atomic E-state index is 13.4. The van der Waals surface area contributed by atoms with Crippen LogP contribution in [-0.4, -0.2) is 76.3 Å². The van der Waals surface area contributed by atoms with Crippen LogP contribution in [0.1, 0.15) is 56.2 Å². The molecule has 1 unspecified atom stereocenters. The summed E-state index contributed by atoms with van der Waals surface area (Å²) < 4.78 is 1.80. The molecule has 10 heteroatoms. The second kappa shape index (κ2) is 10.5. The van der Waals surface area contributed by atoms with E-state index in [-0.39, 0.29) is 30.3 Å². The topological polar surface area (TPSA) is 122 Å². The van der Waals surface area contributed by atoms with Gasteiger partial charge in [0, 0.05) is 31.4 Å². The summed E-state index contributed by atoms with van der Waals surface area (Å²) in [5.74, 6) is -0.961. The molecular formula is C26H33N7O3. The number of aromatic nitrogens is 3. The fraction of sp³-hybridized carbons (Fsp3) is 0.462. The Hall–Kier alpha value is -3.66. The molecule has 0 saturated heterocycles. The van der Waals surface area contributed by atoms with E-state index in [0.717, 1.165) is 11.1 Å². The monoisotopic (exact) mass is 491 g/mol. The van der Waals surface area contributed by atoms with Gasteiger partial charge in [-0.3, -0.25) is 14.4 Å². The van der Waals surface area contributed by atoms with Crippen LogP contribution in [0.5, 0.6) is 0 Å². The van der Waals surface area contributed by atoms with E-state index in [4.69, 9.17) is 4.98 Å². The van der Waals surface area contributed by atoms with E-state index in [2.05, 4.69) is 20.7 Å². The SMILES string of the molecule is CNCC(=O)N1CC=C(c2cc(C(=O)NCC3C(=O)N=C(C)C=C3C)c3cnn(C(C)C)c3n2)CC1. The van der Waals surface area contributed by atoms with E-state index in [0.29, 0.717) is 54.1 Å². The van der Waals surface area contributed by atoms with Crippen LogP contribution in [0.15, 0.2) is 35.0 Å². The number of rotatable bonds is 7. The molecule has 10 nitrogen and oxygen atoms in total. The van der Waals surface area contributed by atoms with Crippen molar-refractivity contribution < 1.29 is 14.4 Å². The Labute approximate surface area is 210 Å². The molecule has 2 aromatic rings. The minimum absolute atomic E-state index is 0.0512. The lowest BCUT2D eigenvalue weighted by molar-refractivity contribution is -0.129. The molecule has 0 saturated carbocycles. The predicted octanol–water partition coefficient (Wildman–Crippen LogP) is 2.14. The number of carbonyl (C=O) groups excluding carboxylic acids is 3. The van der Waals surface area contributed by atoms with Crippen LogP contribution < -0.4 is 10.6 Å². The van der Waals surface area contributed by atoms with Crippen molar-refractivity contribution in [2.24, 2.45) is 10.9 Å². The number of likely N-dealkylation sites (N-methyl/N-ethyl adjacent to an activating group) is 1. The second-order valence-corrected chi connectivity index (χ2v) is 9.57. The molecule has 0 radical (unpaired) electrons. The highest BCUT2D eigenvalue weighted by molar-refractivity contribution is 6.07. The Balaban J connectivity index is 1.63. The van der Waals surface area contributed by atoms with Gasteiger partial charge in [0.25, 0.3) is 11.8 Å². The predicted molar refractivity (Wildman–Crippen MR) is 139 cm³/mol. The van der Waals surface area contributed by atoms with Gasteiger partial charge in [0.05, 0.1) is 35.3 Å². The number of nitrogens with one attached hydrogen (secondary N) is 2. The summed E-state index contributed by atoms with van der Waals surface area (Å²) in [6.07, 6.45) is 6.17. The first-order chi connectivity index (χ1) is 17.2. The number of nitrogens with zero attached hydrogens (tertiary/aromatic N) is 5. The summed E-state index contributed by atoms with van der Waals surface area (Å²) in [6, 6.07) is 1.85. The molecule has 190 valence electrons. The molecule has 36 heavy (non-hydrogen) atoms. The van der Waals surface area contributed by atoms with Gasteiger partial charge in [-0.25, -0.2) is 14.7 Å². The van der Waals surface area contributed by atoms with E-state index in [1.807, 2.05) is 32.9 Å². The average molecular weight is 492 g/mol. The van der Waals surface area contributed by atoms with Crippen LogP contribution in [0.4, 0.5) is 0 Å². The van der Waals surface area contributed by atoms with Gasteiger partial charge in [-0.1, -0.05) is 11.6 Å². The first kappa shape index (κ1) is 25.4. The summed E-state index contributed by atoms with van der Waals surface area (Å²) in [4.78, 5) is 48.7. The number of aliphatic imine (C=N–C) groups is 1. The smallest absolute Gasteiger partial charge is 0.254 e. The molecule has 2 aliphatic heterocycles. The molecule has 0 aromatic carbocycles. The van der Waals surface area contributed by atoms with Crippen molar-refractivity contribution in [3.63, 3.8) is 0 Å². The highest BCUT2D eigenvalue weighted by Crippen LogP contribution is 2.27. The Morgan fingerprint density at radius 2 is 2.03 bits per heavy atom. The van der Waals surface area contributed by atoms with Crippen LogP contribution in [0.3, 0.4) is 0 Å². The lowest BCUT2D eigenvalue weighted by Gasteiger charge is -2.26. The van der Waals surface area contributed by atoms with Gasteiger partial charge in [-0.05, 0) is 58.9 Å². The van der Waals surface area contributed by atoms with Crippen LogP contribution in [0.25, 0.3) is 16.6 Å². The molecular weight excluding hydrogens is 458 g/mol. The van der Waals surface area contributed by atoms with Gasteiger partial charge in [-0.15, -0.1) is 0 Å². The molecule has 4 heterocycles. The summed E-state index contributed by atoms with van der Waals surface area (Å²) in [5.41, 5.74) is 4.33. The number of allylic oxidation sites excluding steroid dienone is 1. The largest absolute Gasteiger partial charge is 0.351 e. The quantitative estimate of drug-likeness (QED) is 0.612. The minimum Gasteiger partial charge on any atom is -0.351 e. The van der Waals surface area contributed by atoms with Crippen molar-refractivity contribution in [1.29, 1.82) is 0 Å². The number of hydrogen-bond donors (Lipinski definition) is 2. The average Bonchev–Trinajstić information content (AvgIpc) is 3.27. The molecule has 0 fully saturated rings. The third-order valence-electron chi connectivity index (χ3n) is 6.56. The second-order valence-electron chi connectivity index (χ2n) is 9.57. The van der Waals surface area contributed by atoms with Gasteiger partial charge in [-0.2, -0.15) is 5.10 Å². The van der Waals surface area contributed by atoms with Crippen molar-refractivity contribution in [3.05, 3.63) is 41.2 Å². The standard InChI is InChI=1S/C26H33N7O3/c1-15(2)33-24-21(13-29-33)19(25(35)28-12-20-16(3)10-17(4)30-26(20)36)11-22(31-24)18-6-8-32(9-7-18)23(34)14-27-5/h6,10-11,13,15,20,27H,7-9,12,14H2,1-5H3,(H,28,35). The molecule has 1 atom stereocenters. The lowest BCUT2D eigenvalue weighted by Crippen LogP contribution is -2.39. The van der Waals surface area contributed by atoms with Gasteiger partial charge in [0.1, 0.15) is 0 Å². The lowest BCUT2D eigenvalue weighted by atomic mass is 9.95. The van der Waals surface area contributed by atoms with E-state index in [1.54, 1.807) is 35.8 Å². The van der Waals surface area contributed by atoms with Crippen molar-refractivity contribution in [3.8, 4) is 0 Å². The Morgan fingerprint density at radius 3 is 2.67 bits per heavy atom. The zero-order chi connectivity index (χ0) is 26.0. The molecule has 2 aliphatic rings. The highest BCUT2D eigenvalue weighted by Gasteiger charge is 2.26. The fourth-order valence-corrected chi connectivity index (χ4v) is 4.59. The third kappa shape index (κ3) is 5.13. The number of pyridine rings is 1. The van der Waals surface area contributed by atoms with E-state index < -0.39 is 5.92 Å². The highest BCUT2D eigenvalue weighted by atomic mass is 16.2. The molecule has 0 bridgehead atoms. The number of hydrogen-bond acceptors (Lipinski definition) is 6. The Bertz CT molecular complexity index is 1300.